The zero-order chi connectivity index (χ0) is 16.2. The molecule has 0 spiro atoms. The maximum absolute atomic E-state index is 12.5. The van der Waals surface area contributed by atoms with Crippen molar-refractivity contribution in [2.45, 2.75) is 18.7 Å². The molecule has 6 nitrogen and oxygen atoms in total. The molecule has 0 radical (unpaired) electrons. The van der Waals surface area contributed by atoms with Crippen molar-refractivity contribution in [2.75, 3.05) is 39.3 Å². The number of carbonyl (C=O) groups is 1. The molecule has 8 heteroatoms. The second-order valence-corrected chi connectivity index (χ2v) is 7.09. The van der Waals surface area contributed by atoms with Gasteiger partial charge < -0.3 is 10.2 Å². The first kappa shape index (κ1) is 19.9. The van der Waals surface area contributed by atoms with Crippen LogP contribution in [0.5, 0.6) is 0 Å². The molecular weight excluding hydrogens is 338 g/mol. The van der Waals surface area contributed by atoms with E-state index in [1.807, 2.05) is 13.8 Å². The molecule has 1 aromatic carbocycles. The van der Waals surface area contributed by atoms with Crippen LogP contribution in [0.1, 0.15) is 24.2 Å². The van der Waals surface area contributed by atoms with Crippen molar-refractivity contribution in [2.24, 2.45) is 0 Å². The summed E-state index contributed by atoms with van der Waals surface area (Å²) in [5.74, 6) is -0.0730. The van der Waals surface area contributed by atoms with Crippen molar-refractivity contribution in [3.05, 3.63) is 29.8 Å². The van der Waals surface area contributed by atoms with Crippen LogP contribution >= 0.6 is 12.4 Å². The van der Waals surface area contributed by atoms with Gasteiger partial charge in [0.1, 0.15) is 0 Å². The molecule has 1 aliphatic rings. The van der Waals surface area contributed by atoms with E-state index in [2.05, 4.69) is 5.32 Å². The lowest BCUT2D eigenvalue weighted by Gasteiger charge is -2.26. The number of nitrogens with one attached hydrogen (secondary N) is 1. The fourth-order valence-electron chi connectivity index (χ4n) is 2.50. The van der Waals surface area contributed by atoms with E-state index in [0.29, 0.717) is 44.8 Å². The number of piperazine rings is 1. The van der Waals surface area contributed by atoms with Crippen LogP contribution in [0.2, 0.25) is 0 Å². The summed E-state index contributed by atoms with van der Waals surface area (Å²) >= 11 is 0. The molecule has 0 unspecified atom stereocenters. The molecule has 0 aromatic heterocycles. The first-order chi connectivity index (χ1) is 10.5. The Hall–Kier alpha value is -1.15. The molecule has 0 bridgehead atoms. The average Bonchev–Trinajstić information content (AvgIpc) is 2.57. The van der Waals surface area contributed by atoms with E-state index >= 15 is 0 Å². The lowest BCUT2D eigenvalue weighted by atomic mass is 10.2. The van der Waals surface area contributed by atoms with Crippen molar-refractivity contribution in [1.29, 1.82) is 0 Å². The molecule has 1 fully saturated rings. The molecular formula is C15H24ClN3O3S. The SMILES string of the molecule is CCN(CC)C(=O)c1ccc(S(=O)(=O)N2CCNCC2)cc1.Cl. The van der Waals surface area contributed by atoms with Crippen molar-refractivity contribution >= 4 is 28.3 Å². The van der Waals surface area contributed by atoms with E-state index in [9.17, 15) is 13.2 Å². The second kappa shape index (κ2) is 8.63. The molecule has 0 atom stereocenters. The standard InChI is InChI=1S/C15H23N3O3S.ClH/c1-3-17(4-2)15(19)13-5-7-14(8-6-13)22(20,21)18-11-9-16-10-12-18;/h5-8,16H,3-4,9-12H2,1-2H3;1H. The van der Waals surface area contributed by atoms with Crippen LogP contribution in [0.3, 0.4) is 0 Å². The minimum Gasteiger partial charge on any atom is -0.339 e. The Morgan fingerprint density at radius 3 is 2.13 bits per heavy atom. The summed E-state index contributed by atoms with van der Waals surface area (Å²) in [4.78, 5) is 14.2. The van der Waals surface area contributed by atoms with Crippen molar-refractivity contribution < 1.29 is 13.2 Å². The molecule has 0 aliphatic carbocycles. The second-order valence-electron chi connectivity index (χ2n) is 5.16. The van der Waals surface area contributed by atoms with Crippen LogP contribution in [-0.2, 0) is 10.0 Å². The monoisotopic (exact) mass is 361 g/mol. The van der Waals surface area contributed by atoms with Gasteiger partial charge in [0.05, 0.1) is 4.90 Å². The van der Waals surface area contributed by atoms with Gasteiger partial charge in [0.15, 0.2) is 0 Å². The molecule has 2 rings (SSSR count). The van der Waals surface area contributed by atoms with Crippen LogP contribution in [-0.4, -0.2) is 62.8 Å². The molecule has 1 N–H and O–H groups in total. The summed E-state index contributed by atoms with van der Waals surface area (Å²) in [6, 6.07) is 6.23. The van der Waals surface area contributed by atoms with Gasteiger partial charge in [-0.2, -0.15) is 4.31 Å². The molecule has 1 saturated heterocycles. The number of nitrogens with zero attached hydrogens (tertiary/aromatic N) is 2. The Morgan fingerprint density at radius 2 is 1.65 bits per heavy atom. The third-order valence-corrected chi connectivity index (χ3v) is 5.78. The normalized spacial score (nSPS) is 15.7. The number of halogens is 1. The quantitative estimate of drug-likeness (QED) is 0.855. The highest BCUT2D eigenvalue weighted by Crippen LogP contribution is 2.17. The topological polar surface area (TPSA) is 69.7 Å². The largest absolute Gasteiger partial charge is 0.339 e. The van der Waals surface area contributed by atoms with Gasteiger partial charge in [-0.25, -0.2) is 8.42 Å². The summed E-state index contributed by atoms with van der Waals surface area (Å²) < 4.78 is 26.5. The minimum atomic E-state index is -3.47. The van der Waals surface area contributed by atoms with Gasteiger partial charge in [-0.15, -0.1) is 12.4 Å². The maximum Gasteiger partial charge on any atom is 0.253 e. The third kappa shape index (κ3) is 4.44. The summed E-state index contributed by atoms with van der Waals surface area (Å²) in [7, 11) is -3.47. The molecule has 23 heavy (non-hydrogen) atoms. The molecule has 1 amide bonds. The predicted molar refractivity (Wildman–Crippen MR) is 92.6 cm³/mol. The van der Waals surface area contributed by atoms with Gasteiger partial charge in [0.2, 0.25) is 10.0 Å². The Morgan fingerprint density at radius 1 is 1.13 bits per heavy atom. The van der Waals surface area contributed by atoms with Crippen LogP contribution in [0, 0.1) is 0 Å². The highest BCUT2D eigenvalue weighted by molar-refractivity contribution is 7.89. The number of sulfonamides is 1. The fourth-order valence-corrected chi connectivity index (χ4v) is 3.94. The summed E-state index contributed by atoms with van der Waals surface area (Å²) in [5, 5.41) is 3.13. The van der Waals surface area contributed by atoms with E-state index < -0.39 is 10.0 Å². The van der Waals surface area contributed by atoms with Gasteiger partial charge >= 0.3 is 0 Å². The molecule has 1 aromatic rings. The van der Waals surface area contributed by atoms with Crippen LogP contribution in [0.15, 0.2) is 29.2 Å². The van der Waals surface area contributed by atoms with Gasteiger partial charge in [0.25, 0.3) is 5.91 Å². The van der Waals surface area contributed by atoms with Gasteiger partial charge in [-0.1, -0.05) is 0 Å². The smallest absolute Gasteiger partial charge is 0.253 e. The zero-order valence-electron chi connectivity index (χ0n) is 13.5. The Kier molecular flexibility index (Phi) is 7.47. The van der Waals surface area contributed by atoms with E-state index in [1.54, 1.807) is 17.0 Å². The van der Waals surface area contributed by atoms with E-state index in [4.69, 9.17) is 0 Å². The van der Waals surface area contributed by atoms with Crippen molar-refractivity contribution in [3.63, 3.8) is 0 Å². The average molecular weight is 362 g/mol. The number of hydrogen-bond acceptors (Lipinski definition) is 4. The highest BCUT2D eigenvalue weighted by Gasteiger charge is 2.26. The van der Waals surface area contributed by atoms with Crippen molar-refractivity contribution in [3.8, 4) is 0 Å². The number of hydrogen-bond donors (Lipinski definition) is 1. The first-order valence-electron chi connectivity index (χ1n) is 7.61. The Balaban J connectivity index is 0.00000264. The highest BCUT2D eigenvalue weighted by atomic mass is 35.5. The van der Waals surface area contributed by atoms with E-state index in [1.165, 1.54) is 16.4 Å². The van der Waals surface area contributed by atoms with Gasteiger partial charge in [0, 0.05) is 44.8 Å². The molecule has 1 heterocycles. The number of benzene rings is 1. The molecule has 0 saturated carbocycles. The Labute approximate surface area is 144 Å². The predicted octanol–water partition coefficient (Wildman–Crippen LogP) is 1.18. The Bertz CT molecular complexity index is 609. The zero-order valence-corrected chi connectivity index (χ0v) is 15.1. The van der Waals surface area contributed by atoms with Crippen LogP contribution in [0.4, 0.5) is 0 Å². The van der Waals surface area contributed by atoms with Crippen LogP contribution < -0.4 is 5.32 Å². The van der Waals surface area contributed by atoms with Crippen molar-refractivity contribution in [1.82, 2.24) is 14.5 Å². The number of amides is 1. The summed E-state index contributed by atoms with van der Waals surface area (Å²) in [6.07, 6.45) is 0. The molecule has 130 valence electrons. The summed E-state index contributed by atoms with van der Waals surface area (Å²) in [6.45, 7) is 7.39. The fraction of sp³-hybridized carbons (Fsp3) is 0.533. The lowest BCUT2D eigenvalue weighted by Crippen LogP contribution is -2.46. The first-order valence-corrected chi connectivity index (χ1v) is 9.05. The maximum atomic E-state index is 12.5. The molecule has 1 aliphatic heterocycles. The van der Waals surface area contributed by atoms with Gasteiger partial charge in [-0.05, 0) is 38.1 Å². The summed E-state index contributed by atoms with van der Waals surface area (Å²) in [5.41, 5.74) is 0.517. The number of carbonyl (C=O) groups excluding carboxylic acids is 1. The minimum absolute atomic E-state index is 0. The van der Waals surface area contributed by atoms with Gasteiger partial charge in [-0.3, -0.25) is 4.79 Å². The lowest BCUT2D eigenvalue weighted by molar-refractivity contribution is 0.0773. The number of rotatable bonds is 5. The van der Waals surface area contributed by atoms with Crippen LogP contribution in [0.25, 0.3) is 0 Å². The third-order valence-electron chi connectivity index (χ3n) is 3.87. The van der Waals surface area contributed by atoms with E-state index in [0.717, 1.165) is 0 Å². The van der Waals surface area contributed by atoms with E-state index in [-0.39, 0.29) is 23.2 Å².